The summed E-state index contributed by atoms with van der Waals surface area (Å²) < 4.78 is 6.68. The molecule has 3 nitrogen and oxygen atoms in total. The minimum atomic E-state index is -0.126. The van der Waals surface area contributed by atoms with Crippen molar-refractivity contribution in [3.8, 4) is 11.5 Å². The van der Waals surface area contributed by atoms with E-state index in [0.717, 1.165) is 18.6 Å². The fourth-order valence-corrected chi connectivity index (χ4v) is 9.18. The highest BCUT2D eigenvalue weighted by Gasteiger charge is 2.65. The zero-order valence-corrected chi connectivity index (χ0v) is 19.2. The normalized spacial score (nSPS) is 47.1. The van der Waals surface area contributed by atoms with Gasteiger partial charge in [0, 0.05) is 12.3 Å². The van der Waals surface area contributed by atoms with Gasteiger partial charge in [0.05, 0.1) is 0 Å². The van der Waals surface area contributed by atoms with E-state index in [1.807, 2.05) is 12.1 Å². The summed E-state index contributed by atoms with van der Waals surface area (Å²) in [5, 5.41) is 10.1. The zero-order chi connectivity index (χ0) is 21.4. The molecular formula is C27H38O3. The van der Waals surface area contributed by atoms with Crippen molar-refractivity contribution in [2.45, 2.75) is 91.1 Å². The van der Waals surface area contributed by atoms with Crippen molar-refractivity contribution < 1.29 is 14.6 Å². The maximum absolute atomic E-state index is 11.5. The van der Waals surface area contributed by atoms with E-state index < -0.39 is 0 Å². The Kier molecular flexibility index (Phi) is 4.42. The summed E-state index contributed by atoms with van der Waals surface area (Å²) in [6.45, 7) is 9.83. The summed E-state index contributed by atoms with van der Waals surface area (Å²) in [4.78, 5) is 11.5. The second kappa shape index (κ2) is 6.50. The van der Waals surface area contributed by atoms with Crippen LogP contribution in [0.4, 0.5) is 0 Å². The molecule has 1 heterocycles. The van der Waals surface area contributed by atoms with Gasteiger partial charge < -0.3 is 14.6 Å². The van der Waals surface area contributed by atoms with Crippen LogP contribution in [0.3, 0.4) is 0 Å². The Morgan fingerprint density at radius 3 is 2.50 bits per heavy atom. The van der Waals surface area contributed by atoms with Gasteiger partial charge in [0.25, 0.3) is 0 Å². The van der Waals surface area contributed by atoms with Gasteiger partial charge >= 0.3 is 0 Å². The molecule has 1 aromatic rings. The highest BCUT2D eigenvalue weighted by molar-refractivity contribution is 5.51. The first-order chi connectivity index (χ1) is 14.1. The van der Waals surface area contributed by atoms with E-state index in [0.29, 0.717) is 35.3 Å². The van der Waals surface area contributed by atoms with Crippen LogP contribution in [0.2, 0.25) is 0 Å². The molecule has 0 saturated heterocycles. The Hall–Kier alpha value is -1.51. The van der Waals surface area contributed by atoms with Crippen LogP contribution < -0.4 is 4.74 Å². The Morgan fingerprint density at radius 2 is 1.73 bits per heavy atom. The number of rotatable bonds is 2. The molecule has 3 fully saturated rings. The number of fused-ring (bicyclic) bond motifs is 6. The quantitative estimate of drug-likeness (QED) is 0.581. The number of carbonyl (C=O) groups is 1. The van der Waals surface area contributed by atoms with E-state index in [9.17, 15) is 9.90 Å². The van der Waals surface area contributed by atoms with Gasteiger partial charge in [0.15, 0.2) is 0 Å². The molecule has 164 valence electrons. The number of aromatic hydroxyl groups is 1. The molecule has 3 heteroatoms. The monoisotopic (exact) mass is 410 g/mol. The van der Waals surface area contributed by atoms with E-state index in [1.165, 1.54) is 50.4 Å². The fourth-order valence-electron chi connectivity index (χ4n) is 9.18. The lowest BCUT2D eigenvalue weighted by atomic mass is 9.37. The first-order valence-corrected chi connectivity index (χ1v) is 12.1. The van der Waals surface area contributed by atoms with Gasteiger partial charge in [0.2, 0.25) is 0 Å². The van der Waals surface area contributed by atoms with Crippen LogP contribution in [0.1, 0.15) is 84.6 Å². The first kappa shape index (κ1) is 20.4. The number of phenols is 1. The third kappa shape index (κ3) is 2.66. The number of hydrogen-bond donors (Lipinski definition) is 1. The van der Waals surface area contributed by atoms with Crippen LogP contribution in [0, 0.1) is 34.0 Å². The lowest BCUT2D eigenvalue weighted by Gasteiger charge is -2.68. The molecular weight excluding hydrogens is 372 g/mol. The van der Waals surface area contributed by atoms with Crippen LogP contribution in [0.25, 0.3) is 0 Å². The van der Waals surface area contributed by atoms with Crippen molar-refractivity contribution in [2.75, 3.05) is 0 Å². The topological polar surface area (TPSA) is 46.5 Å². The largest absolute Gasteiger partial charge is 0.508 e. The lowest BCUT2D eigenvalue weighted by Crippen LogP contribution is -2.65. The average Bonchev–Trinajstić information content (AvgIpc) is 2.66. The van der Waals surface area contributed by atoms with Gasteiger partial charge in [-0.25, -0.2) is 0 Å². The van der Waals surface area contributed by atoms with Crippen molar-refractivity contribution in [1.82, 2.24) is 0 Å². The molecule has 30 heavy (non-hydrogen) atoms. The minimum Gasteiger partial charge on any atom is -0.508 e. The van der Waals surface area contributed by atoms with E-state index >= 15 is 0 Å². The maximum Gasteiger partial charge on any atom is 0.123 e. The SMILES string of the molecule is C[C@]1(CC=O)CCC[C@]2(C)[C@H]3CC[C@]4(C)Oc5ccc(O)cc5C[C@H]4[C@]3(C)CC[C@@H]12. The molecule has 5 rings (SSSR count). The van der Waals surface area contributed by atoms with Crippen LogP contribution in [0.5, 0.6) is 11.5 Å². The number of ether oxygens (including phenoxy) is 1. The lowest BCUT2D eigenvalue weighted by molar-refractivity contribution is -0.209. The molecule has 3 saturated carbocycles. The predicted octanol–water partition coefficient (Wildman–Crippen LogP) is 6.31. The molecule has 1 aliphatic heterocycles. The van der Waals surface area contributed by atoms with Gasteiger partial charge in [0.1, 0.15) is 23.4 Å². The number of aldehydes is 1. The molecule has 0 spiro atoms. The van der Waals surface area contributed by atoms with Crippen LogP contribution in [-0.4, -0.2) is 17.0 Å². The summed E-state index contributed by atoms with van der Waals surface area (Å²) in [7, 11) is 0. The number of benzene rings is 1. The molecule has 1 aromatic carbocycles. The molecule has 4 aliphatic rings. The molecule has 0 aromatic heterocycles. The fraction of sp³-hybridized carbons (Fsp3) is 0.741. The summed E-state index contributed by atoms with van der Waals surface area (Å²) >= 11 is 0. The second-order valence-corrected chi connectivity index (χ2v) is 12.0. The molecule has 0 unspecified atom stereocenters. The summed E-state index contributed by atoms with van der Waals surface area (Å²) in [5.74, 6) is 3.09. The minimum absolute atomic E-state index is 0.126. The summed E-state index contributed by atoms with van der Waals surface area (Å²) in [6, 6.07) is 5.61. The van der Waals surface area contributed by atoms with Gasteiger partial charge in [-0.15, -0.1) is 0 Å². The van der Waals surface area contributed by atoms with Gasteiger partial charge in [-0.1, -0.05) is 27.2 Å². The van der Waals surface area contributed by atoms with Crippen molar-refractivity contribution in [1.29, 1.82) is 0 Å². The van der Waals surface area contributed by atoms with E-state index in [1.54, 1.807) is 6.07 Å². The van der Waals surface area contributed by atoms with E-state index in [4.69, 9.17) is 4.74 Å². The number of carbonyl (C=O) groups excluding carboxylic acids is 1. The molecule has 7 atom stereocenters. The third-order valence-corrected chi connectivity index (χ3v) is 10.5. The summed E-state index contributed by atoms with van der Waals surface area (Å²) in [6.07, 6.45) is 11.4. The Balaban J connectivity index is 1.54. The van der Waals surface area contributed by atoms with Gasteiger partial charge in [-0.05, 0) is 104 Å². The van der Waals surface area contributed by atoms with Gasteiger partial charge in [-0.3, -0.25) is 0 Å². The van der Waals surface area contributed by atoms with E-state index in [2.05, 4.69) is 27.7 Å². The summed E-state index contributed by atoms with van der Waals surface area (Å²) in [5.41, 5.74) is 1.75. The molecule has 0 radical (unpaired) electrons. The van der Waals surface area contributed by atoms with Crippen LogP contribution in [-0.2, 0) is 11.2 Å². The van der Waals surface area contributed by atoms with E-state index in [-0.39, 0.29) is 16.4 Å². The van der Waals surface area contributed by atoms with Crippen molar-refractivity contribution in [3.05, 3.63) is 23.8 Å². The Bertz CT molecular complexity index is 864. The standard InChI is InChI=1S/C27H38O3/c1-24(14-15-28)10-5-11-25(2)21(24)8-12-26(3)22(25)9-13-27(4)23(26)17-18-16-19(29)6-7-20(18)30-27/h6-7,15-16,21-23,29H,5,8-14,17H2,1-4H3/t21-,22+,23-,24+,25-,26+,27-/m0/s1. The van der Waals surface area contributed by atoms with Crippen molar-refractivity contribution in [3.63, 3.8) is 0 Å². The third-order valence-electron chi connectivity index (χ3n) is 10.5. The zero-order valence-electron chi connectivity index (χ0n) is 19.2. The Morgan fingerprint density at radius 1 is 1.00 bits per heavy atom. The maximum atomic E-state index is 11.5. The number of hydrogen-bond acceptors (Lipinski definition) is 3. The molecule has 0 bridgehead atoms. The highest BCUT2D eigenvalue weighted by atomic mass is 16.5. The number of phenolic OH excluding ortho intramolecular Hbond substituents is 1. The first-order valence-electron chi connectivity index (χ1n) is 12.1. The predicted molar refractivity (Wildman–Crippen MR) is 119 cm³/mol. The van der Waals surface area contributed by atoms with Crippen molar-refractivity contribution in [2.24, 2.45) is 34.0 Å². The molecule has 0 amide bonds. The van der Waals surface area contributed by atoms with Gasteiger partial charge in [-0.2, -0.15) is 0 Å². The van der Waals surface area contributed by atoms with Crippen LogP contribution >= 0.6 is 0 Å². The smallest absolute Gasteiger partial charge is 0.123 e. The average molecular weight is 411 g/mol. The highest BCUT2D eigenvalue weighted by Crippen LogP contribution is 2.71. The van der Waals surface area contributed by atoms with Crippen molar-refractivity contribution >= 4 is 6.29 Å². The second-order valence-electron chi connectivity index (χ2n) is 12.0. The molecule has 1 N–H and O–H groups in total. The Labute approximate surface area is 181 Å². The van der Waals surface area contributed by atoms with Crippen LogP contribution in [0.15, 0.2) is 18.2 Å². The molecule has 3 aliphatic carbocycles.